The van der Waals surface area contributed by atoms with Crippen LogP contribution in [0.4, 0.5) is 0 Å². The molecule has 3 aromatic rings. The van der Waals surface area contributed by atoms with Gasteiger partial charge in [0.15, 0.2) is 0 Å². The van der Waals surface area contributed by atoms with Gasteiger partial charge in [-0.25, -0.2) is 0 Å². The lowest BCUT2D eigenvalue weighted by Gasteiger charge is -2.24. The maximum Gasteiger partial charge on any atom is 0.253 e. The van der Waals surface area contributed by atoms with Crippen LogP contribution in [0.15, 0.2) is 49.1 Å². The molecule has 1 N–H and O–H groups in total. The number of likely N-dealkylation sites (N-methyl/N-ethyl adjacent to an activating group) is 1. The minimum Gasteiger partial charge on any atom is -0.361 e. The van der Waals surface area contributed by atoms with Crippen molar-refractivity contribution in [2.75, 3.05) is 7.05 Å². The van der Waals surface area contributed by atoms with E-state index in [4.69, 9.17) is 0 Å². The zero-order valence-corrected chi connectivity index (χ0v) is 12.7. The lowest BCUT2D eigenvalue weighted by atomic mass is 10.1. The van der Waals surface area contributed by atoms with E-state index < -0.39 is 0 Å². The maximum atomic E-state index is 12.6. The summed E-state index contributed by atoms with van der Waals surface area (Å²) in [5.41, 5.74) is 2.54. The normalized spacial score (nSPS) is 12.3. The molecule has 0 bridgehead atoms. The zero-order chi connectivity index (χ0) is 15.5. The molecule has 0 fully saturated rings. The summed E-state index contributed by atoms with van der Waals surface area (Å²) in [7, 11) is 1.82. The first kappa shape index (κ1) is 14.3. The number of nitrogens with one attached hydrogen (secondary N) is 1. The van der Waals surface area contributed by atoms with Crippen molar-refractivity contribution in [3.05, 3.63) is 60.3 Å². The van der Waals surface area contributed by atoms with Gasteiger partial charge in [-0.3, -0.25) is 14.8 Å². The van der Waals surface area contributed by atoms with E-state index in [1.807, 2.05) is 44.4 Å². The smallest absolute Gasteiger partial charge is 0.253 e. The molecular formula is C17H18N4O. The van der Waals surface area contributed by atoms with Crippen molar-refractivity contribution in [2.45, 2.75) is 19.4 Å². The topological polar surface area (TPSA) is 61.9 Å². The van der Waals surface area contributed by atoms with Gasteiger partial charge in [0.25, 0.3) is 5.91 Å². The number of nitrogens with zero attached hydrogens (tertiary/aromatic N) is 3. The molecule has 0 aliphatic carbocycles. The summed E-state index contributed by atoms with van der Waals surface area (Å²) in [6, 6.07) is 7.75. The number of rotatable bonds is 4. The van der Waals surface area contributed by atoms with Crippen molar-refractivity contribution in [1.82, 2.24) is 19.9 Å². The van der Waals surface area contributed by atoms with Crippen LogP contribution in [0, 0.1) is 0 Å². The second kappa shape index (κ2) is 5.97. The summed E-state index contributed by atoms with van der Waals surface area (Å²) < 4.78 is 0. The highest BCUT2D eigenvalue weighted by atomic mass is 16.2. The van der Waals surface area contributed by atoms with Crippen LogP contribution in [0.3, 0.4) is 0 Å². The number of amides is 1. The molecule has 1 amide bonds. The van der Waals surface area contributed by atoms with Crippen LogP contribution in [0.2, 0.25) is 0 Å². The second-order valence-electron chi connectivity index (χ2n) is 5.45. The number of aromatic amines is 1. The van der Waals surface area contributed by atoms with Gasteiger partial charge >= 0.3 is 0 Å². The minimum absolute atomic E-state index is 0.00731. The molecule has 2 aromatic heterocycles. The van der Waals surface area contributed by atoms with E-state index in [1.54, 1.807) is 23.5 Å². The highest BCUT2D eigenvalue weighted by molar-refractivity contribution is 5.97. The fraction of sp³-hybridized carbons (Fsp3) is 0.235. The molecule has 1 atom stereocenters. The average Bonchev–Trinajstić information content (AvgIpc) is 3.02. The second-order valence-corrected chi connectivity index (χ2v) is 5.45. The standard InChI is InChI=1S/C17H18N4O/c1-12(9-15-11-18-7-8-19-15)21(2)17(22)14-4-3-13-5-6-20-16(13)10-14/h3-8,10-12,20H,9H2,1-2H3. The summed E-state index contributed by atoms with van der Waals surface area (Å²) in [4.78, 5) is 25.8. The molecule has 5 heteroatoms. The summed E-state index contributed by atoms with van der Waals surface area (Å²) >= 11 is 0. The third-order valence-electron chi connectivity index (χ3n) is 3.90. The van der Waals surface area contributed by atoms with Crippen LogP contribution in [-0.2, 0) is 6.42 Å². The predicted octanol–water partition coefficient (Wildman–Crippen LogP) is 2.66. The number of hydrogen-bond donors (Lipinski definition) is 1. The lowest BCUT2D eigenvalue weighted by Crippen LogP contribution is -2.36. The number of carbonyl (C=O) groups excluding carboxylic acids is 1. The van der Waals surface area contributed by atoms with Crippen LogP contribution in [0.1, 0.15) is 23.0 Å². The van der Waals surface area contributed by atoms with E-state index in [-0.39, 0.29) is 11.9 Å². The largest absolute Gasteiger partial charge is 0.361 e. The van der Waals surface area contributed by atoms with E-state index in [9.17, 15) is 4.79 Å². The van der Waals surface area contributed by atoms with Gasteiger partial charge in [0.1, 0.15) is 0 Å². The molecule has 5 nitrogen and oxygen atoms in total. The van der Waals surface area contributed by atoms with Gasteiger partial charge in [-0.2, -0.15) is 0 Å². The van der Waals surface area contributed by atoms with E-state index in [0.29, 0.717) is 12.0 Å². The Kier molecular flexibility index (Phi) is 3.87. The lowest BCUT2D eigenvalue weighted by molar-refractivity contribution is 0.0743. The first-order chi connectivity index (χ1) is 10.6. The molecule has 0 aliphatic heterocycles. The van der Waals surface area contributed by atoms with Crippen molar-refractivity contribution in [3.63, 3.8) is 0 Å². The third-order valence-corrected chi connectivity index (χ3v) is 3.90. The fourth-order valence-corrected chi connectivity index (χ4v) is 2.46. The van der Waals surface area contributed by atoms with Crippen LogP contribution in [0.5, 0.6) is 0 Å². The Morgan fingerprint density at radius 1 is 1.32 bits per heavy atom. The summed E-state index contributed by atoms with van der Waals surface area (Å²) in [6.45, 7) is 2.01. The van der Waals surface area contributed by atoms with E-state index in [0.717, 1.165) is 16.6 Å². The van der Waals surface area contributed by atoms with Gasteiger partial charge < -0.3 is 9.88 Å². The van der Waals surface area contributed by atoms with Gasteiger partial charge in [0.2, 0.25) is 0 Å². The third kappa shape index (κ3) is 2.83. The van der Waals surface area contributed by atoms with Crippen molar-refractivity contribution in [3.8, 4) is 0 Å². The molecule has 0 spiro atoms. The highest BCUT2D eigenvalue weighted by Gasteiger charge is 2.18. The minimum atomic E-state index is 0.00731. The first-order valence-electron chi connectivity index (χ1n) is 7.24. The summed E-state index contributed by atoms with van der Waals surface area (Å²) in [5.74, 6) is 0.00731. The van der Waals surface area contributed by atoms with Gasteiger partial charge in [-0.15, -0.1) is 0 Å². The Morgan fingerprint density at radius 3 is 2.95 bits per heavy atom. The maximum absolute atomic E-state index is 12.6. The van der Waals surface area contributed by atoms with Crippen LogP contribution < -0.4 is 0 Å². The van der Waals surface area contributed by atoms with Gasteiger partial charge in [-0.1, -0.05) is 6.07 Å². The number of H-pyrrole nitrogens is 1. The highest BCUT2D eigenvalue weighted by Crippen LogP contribution is 2.16. The van der Waals surface area contributed by atoms with Crippen molar-refractivity contribution >= 4 is 16.8 Å². The molecule has 22 heavy (non-hydrogen) atoms. The Bertz CT molecular complexity index is 781. The van der Waals surface area contributed by atoms with Crippen LogP contribution >= 0.6 is 0 Å². The molecule has 112 valence electrons. The Morgan fingerprint density at radius 2 is 2.18 bits per heavy atom. The monoisotopic (exact) mass is 294 g/mol. The first-order valence-corrected chi connectivity index (χ1v) is 7.24. The van der Waals surface area contributed by atoms with Crippen molar-refractivity contribution < 1.29 is 4.79 Å². The Labute approximate surface area is 129 Å². The van der Waals surface area contributed by atoms with Crippen LogP contribution in [0.25, 0.3) is 10.9 Å². The average molecular weight is 294 g/mol. The van der Waals surface area contributed by atoms with Crippen molar-refractivity contribution in [2.24, 2.45) is 0 Å². The quantitative estimate of drug-likeness (QED) is 0.804. The van der Waals surface area contributed by atoms with Gasteiger partial charge in [0.05, 0.1) is 5.69 Å². The van der Waals surface area contributed by atoms with Gasteiger partial charge in [-0.05, 0) is 30.5 Å². The predicted molar refractivity (Wildman–Crippen MR) is 85.6 cm³/mol. The molecular weight excluding hydrogens is 276 g/mol. The molecule has 1 unspecified atom stereocenters. The molecule has 1 aromatic carbocycles. The Hall–Kier alpha value is -2.69. The molecule has 3 rings (SSSR count). The summed E-state index contributed by atoms with van der Waals surface area (Å²) in [5, 5.41) is 1.10. The molecule has 0 aliphatic rings. The van der Waals surface area contributed by atoms with E-state index in [1.165, 1.54) is 0 Å². The molecule has 2 heterocycles. The number of hydrogen-bond acceptors (Lipinski definition) is 3. The van der Waals surface area contributed by atoms with E-state index >= 15 is 0 Å². The van der Waals surface area contributed by atoms with Gasteiger partial charge in [0, 0.05) is 55.4 Å². The SMILES string of the molecule is CC(Cc1cnccn1)N(C)C(=O)c1ccc2cc[nH]c2c1. The number of aromatic nitrogens is 3. The molecule has 0 radical (unpaired) electrons. The molecule has 0 saturated heterocycles. The number of fused-ring (bicyclic) bond motifs is 1. The molecule has 0 saturated carbocycles. The number of benzene rings is 1. The zero-order valence-electron chi connectivity index (χ0n) is 12.7. The van der Waals surface area contributed by atoms with Crippen molar-refractivity contribution in [1.29, 1.82) is 0 Å². The summed E-state index contributed by atoms with van der Waals surface area (Å²) in [6.07, 6.45) is 7.61. The fourth-order valence-electron chi connectivity index (χ4n) is 2.46. The number of carbonyl (C=O) groups is 1. The Balaban J connectivity index is 1.75. The van der Waals surface area contributed by atoms with Crippen LogP contribution in [-0.4, -0.2) is 38.8 Å². The van der Waals surface area contributed by atoms with E-state index in [2.05, 4.69) is 15.0 Å².